The Morgan fingerprint density at radius 2 is 1.90 bits per heavy atom. The van der Waals surface area contributed by atoms with Crippen LogP contribution in [0, 0.1) is 12.7 Å². The number of hydrogen-bond donors (Lipinski definition) is 1. The normalized spacial score (nSPS) is 15.0. The molecule has 1 nitrogen and oxygen atoms in total. The van der Waals surface area contributed by atoms with E-state index >= 15 is 0 Å². The lowest BCUT2D eigenvalue weighted by Crippen LogP contribution is -2.07. The highest BCUT2D eigenvalue weighted by atomic mass is 32.2. The van der Waals surface area contributed by atoms with Gasteiger partial charge >= 0.3 is 0 Å². The Morgan fingerprint density at radius 1 is 1.14 bits per heavy atom. The van der Waals surface area contributed by atoms with E-state index in [1.165, 1.54) is 35.3 Å². The van der Waals surface area contributed by atoms with Crippen LogP contribution in [0.15, 0.2) is 40.1 Å². The second kappa shape index (κ2) is 5.82. The van der Waals surface area contributed by atoms with E-state index in [4.69, 9.17) is 5.73 Å². The molecule has 3 rings (SSSR count). The second-order valence-electron chi connectivity index (χ2n) is 5.81. The van der Waals surface area contributed by atoms with Gasteiger partial charge in [0, 0.05) is 15.8 Å². The van der Waals surface area contributed by atoms with Crippen molar-refractivity contribution in [2.45, 2.75) is 48.9 Å². The third-order valence-corrected chi connectivity index (χ3v) is 5.14. The predicted molar refractivity (Wildman–Crippen MR) is 86.3 cm³/mol. The van der Waals surface area contributed by atoms with Crippen molar-refractivity contribution in [2.75, 3.05) is 0 Å². The molecule has 0 bridgehead atoms. The summed E-state index contributed by atoms with van der Waals surface area (Å²) >= 11 is 1.68. The average Bonchev–Trinajstić information content (AvgIpc) is 2.89. The molecule has 0 fully saturated rings. The summed E-state index contributed by atoms with van der Waals surface area (Å²) in [5.41, 5.74) is 10.5. The van der Waals surface area contributed by atoms with Crippen LogP contribution in [0.4, 0.5) is 4.39 Å². The molecule has 1 unspecified atom stereocenters. The molecule has 2 aromatic rings. The Morgan fingerprint density at radius 3 is 2.67 bits per heavy atom. The van der Waals surface area contributed by atoms with Crippen molar-refractivity contribution in [3.05, 3.63) is 58.4 Å². The molecule has 2 N–H and O–H groups in total. The van der Waals surface area contributed by atoms with Gasteiger partial charge in [0.2, 0.25) is 0 Å². The molecule has 0 aromatic heterocycles. The summed E-state index contributed by atoms with van der Waals surface area (Å²) in [5, 5.41) is 0. The minimum absolute atomic E-state index is 0.169. The molecule has 1 aliphatic carbocycles. The van der Waals surface area contributed by atoms with Crippen LogP contribution in [-0.4, -0.2) is 0 Å². The van der Waals surface area contributed by atoms with Crippen molar-refractivity contribution in [2.24, 2.45) is 5.73 Å². The number of rotatable bonds is 3. The Kier molecular flexibility index (Phi) is 4.05. The third-order valence-electron chi connectivity index (χ3n) is 4.08. The van der Waals surface area contributed by atoms with Crippen LogP contribution in [-0.2, 0) is 12.8 Å². The van der Waals surface area contributed by atoms with E-state index in [-0.39, 0.29) is 11.9 Å². The second-order valence-corrected chi connectivity index (χ2v) is 6.93. The lowest BCUT2D eigenvalue weighted by Gasteiger charge is -2.14. The van der Waals surface area contributed by atoms with Gasteiger partial charge in [-0.1, -0.05) is 17.8 Å². The standard InChI is InChI=1S/C18H20FNS/c1-11-8-18(16(12(2)20)10-17(11)19)21-15-7-6-13-4-3-5-14(13)9-15/h6-10,12H,3-5,20H2,1-2H3. The molecule has 0 aliphatic heterocycles. The Bertz CT molecular complexity index is 679. The predicted octanol–water partition coefficient (Wildman–Crippen LogP) is 4.79. The van der Waals surface area contributed by atoms with Crippen LogP contribution >= 0.6 is 11.8 Å². The molecule has 21 heavy (non-hydrogen) atoms. The minimum atomic E-state index is -0.180. The molecule has 3 heteroatoms. The number of benzene rings is 2. The first-order chi connectivity index (χ1) is 10.0. The van der Waals surface area contributed by atoms with E-state index in [1.54, 1.807) is 24.8 Å². The van der Waals surface area contributed by atoms with Crippen LogP contribution in [0.3, 0.4) is 0 Å². The van der Waals surface area contributed by atoms with Gasteiger partial charge in [0.05, 0.1) is 0 Å². The van der Waals surface area contributed by atoms with Gasteiger partial charge in [-0.2, -0.15) is 0 Å². The molecular formula is C18H20FNS. The first-order valence-corrected chi connectivity index (χ1v) is 8.21. The fourth-order valence-electron chi connectivity index (χ4n) is 2.85. The topological polar surface area (TPSA) is 26.0 Å². The van der Waals surface area contributed by atoms with E-state index in [9.17, 15) is 4.39 Å². The van der Waals surface area contributed by atoms with Gasteiger partial charge in [0.1, 0.15) is 5.82 Å². The van der Waals surface area contributed by atoms with Gasteiger partial charge in [0.15, 0.2) is 0 Å². The van der Waals surface area contributed by atoms with Crippen molar-refractivity contribution in [3.63, 3.8) is 0 Å². The zero-order valence-electron chi connectivity index (χ0n) is 12.4. The fourth-order valence-corrected chi connectivity index (χ4v) is 4.04. The van der Waals surface area contributed by atoms with Crippen molar-refractivity contribution in [1.29, 1.82) is 0 Å². The number of hydrogen-bond acceptors (Lipinski definition) is 2. The molecule has 0 saturated carbocycles. The lowest BCUT2D eigenvalue weighted by atomic mass is 10.1. The summed E-state index contributed by atoms with van der Waals surface area (Å²) in [5.74, 6) is -0.180. The number of nitrogens with two attached hydrogens (primary N) is 1. The van der Waals surface area contributed by atoms with E-state index < -0.39 is 0 Å². The van der Waals surface area contributed by atoms with Crippen LogP contribution in [0.1, 0.15) is 41.6 Å². The zero-order chi connectivity index (χ0) is 15.0. The first kappa shape index (κ1) is 14.6. The van der Waals surface area contributed by atoms with Crippen LogP contribution in [0.25, 0.3) is 0 Å². The SMILES string of the molecule is Cc1cc(Sc2ccc3c(c2)CCC3)c(C(C)N)cc1F. The highest BCUT2D eigenvalue weighted by Gasteiger charge is 2.14. The molecule has 1 atom stereocenters. The maximum absolute atomic E-state index is 13.8. The quantitative estimate of drug-likeness (QED) is 0.881. The fraction of sp³-hybridized carbons (Fsp3) is 0.333. The molecular weight excluding hydrogens is 281 g/mol. The summed E-state index contributed by atoms with van der Waals surface area (Å²) in [6.45, 7) is 3.70. The van der Waals surface area contributed by atoms with E-state index in [0.717, 1.165) is 10.5 Å². The van der Waals surface area contributed by atoms with Crippen molar-refractivity contribution < 1.29 is 4.39 Å². The van der Waals surface area contributed by atoms with E-state index in [0.29, 0.717) is 5.56 Å². The van der Waals surface area contributed by atoms with E-state index in [2.05, 4.69) is 18.2 Å². The molecule has 110 valence electrons. The highest BCUT2D eigenvalue weighted by molar-refractivity contribution is 7.99. The lowest BCUT2D eigenvalue weighted by molar-refractivity contribution is 0.610. The minimum Gasteiger partial charge on any atom is -0.324 e. The smallest absolute Gasteiger partial charge is 0.126 e. The zero-order valence-corrected chi connectivity index (χ0v) is 13.3. The van der Waals surface area contributed by atoms with Gasteiger partial charge in [-0.25, -0.2) is 4.39 Å². The molecule has 0 spiro atoms. The third kappa shape index (κ3) is 2.99. The molecule has 2 aromatic carbocycles. The van der Waals surface area contributed by atoms with Gasteiger partial charge < -0.3 is 5.73 Å². The number of halogens is 1. The summed E-state index contributed by atoms with van der Waals surface area (Å²) in [6, 6.07) is 9.99. The van der Waals surface area contributed by atoms with Crippen molar-refractivity contribution >= 4 is 11.8 Å². The Labute approximate surface area is 129 Å². The van der Waals surface area contributed by atoms with Gasteiger partial charge in [-0.05, 0) is 79.6 Å². The Hall–Kier alpha value is -1.32. The largest absolute Gasteiger partial charge is 0.324 e. The first-order valence-electron chi connectivity index (χ1n) is 7.40. The van der Waals surface area contributed by atoms with Crippen LogP contribution in [0.5, 0.6) is 0 Å². The average molecular weight is 301 g/mol. The van der Waals surface area contributed by atoms with Crippen LogP contribution in [0.2, 0.25) is 0 Å². The van der Waals surface area contributed by atoms with E-state index in [1.807, 2.05) is 13.0 Å². The molecule has 0 heterocycles. The summed E-state index contributed by atoms with van der Waals surface area (Å²) in [6.07, 6.45) is 3.62. The maximum atomic E-state index is 13.8. The van der Waals surface area contributed by atoms with Gasteiger partial charge in [-0.3, -0.25) is 0 Å². The number of fused-ring (bicyclic) bond motifs is 1. The molecule has 0 radical (unpaired) electrons. The molecule has 0 saturated heterocycles. The summed E-state index contributed by atoms with van der Waals surface area (Å²) < 4.78 is 13.8. The Balaban J connectivity index is 1.95. The van der Waals surface area contributed by atoms with Gasteiger partial charge in [0.25, 0.3) is 0 Å². The molecule has 0 amide bonds. The van der Waals surface area contributed by atoms with Crippen molar-refractivity contribution in [3.8, 4) is 0 Å². The molecule has 1 aliphatic rings. The highest BCUT2D eigenvalue weighted by Crippen LogP contribution is 2.36. The van der Waals surface area contributed by atoms with Gasteiger partial charge in [-0.15, -0.1) is 0 Å². The summed E-state index contributed by atoms with van der Waals surface area (Å²) in [7, 11) is 0. The number of aryl methyl sites for hydroxylation is 3. The summed E-state index contributed by atoms with van der Waals surface area (Å²) in [4.78, 5) is 2.27. The van der Waals surface area contributed by atoms with Crippen LogP contribution < -0.4 is 5.73 Å². The maximum Gasteiger partial charge on any atom is 0.126 e. The monoisotopic (exact) mass is 301 g/mol. The van der Waals surface area contributed by atoms with Crippen molar-refractivity contribution in [1.82, 2.24) is 0 Å².